The van der Waals surface area contributed by atoms with E-state index in [1.165, 1.54) is 47.5 Å². The summed E-state index contributed by atoms with van der Waals surface area (Å²) in [5, 5.41) is 3.60. The minimum Gasteiger partial charge on any atom is -0.345 e. The lowest BCUT2D eigenvalue weighted by Gasteiger charge is -2.22. The van der Waals surface area contributed by atoms with Crippen molar-refractivity contribution >= 4 is 33.2 Å². The third kappa shape index (κ3) is 5.13. The number of sulfonamides is 1. The number of hydrogen-bond acceptors (Lipinski definition) is 3. The van der Waals surface area contributed by atoms with Crippen molar-refractivity contribution in [1.82, 2.24) is 5.32 Å². The summed E-state index contributed by atoms with van der Waals surface area (Å²) >= 11 is 5.88. The number of carbonyl (C=O) groups is 1. The number of nitrogens with one attached hydrogen (secondary N) is 1. The van der Waals surface area contributed by atoms with Crippen LogP contribution < -0.4 is 9.62 Å². The van der Waals surface area contributed by atoms with E-state index in [1.54, 1.807) is 36.4 Å². The normalized spacial score (nSPS) is 14.2. The Hall–Kier alpha value is -2.83. The molecule has 0 heterocycles. The third-order valence-electron chi connectivity index (χ3n) is 6.45. The summed E-state index contributed by atoms with van der Waals surface area (Å²) in [7, 11) is -2.25. The fraction of sp³-hybridized carbons (Fsp3) is 0.296. The van der Waals surface area contributed by atoms with Gasteiger partial charge in [0.05, 0.1) is 16.6 Å². The topological polar surface area (TPSA) is 66.5 Å². The van der Waals surface area contributed by atoms with Gasteiger partial charge in [-0.05, 0) is 97.3 Å². The number of halogens is 1. The fourth-order valence-electron chi connectivity index (χ4n) is 4.36. The van der Waals surface area contributed by atoms with Gasteiger partial charge >= 0.3 is 0 Å². The van der Waals surface area contributed by atoms with Gasteiger partial charge in [0.25, 0.3) is 15.9 Å². The zero-order chi connectivity index (χ0) is 24.3. The molecule has 4 rings (SSSR count). The van der Waals surface area contributed by atoms with E-state index in [2.05, 4.69) is 30.4 Å². The molecule has 3 aromatic rings. The van der Waals surface area contributed by atoms with Crippen molar-refractivity contribution in [2.45, 2.75) is 50.0 Å². The van der Waals surface area contributed by atoms with Gasteiger partial charge in [-0.1, -0.05) is 36.7 Å². The van der Waals surface area contributed by atoms with Crippen molar-refractivity contribution < 1.29 is 13.2 Å². The number of nitrogens with zero attached hydrogens (tertiary/aromatic N) is 1. The van der Waals surface area contributed by atoms with Crippen molar-refractivity contribution in [3.05, 3.63) is 94.0 Å². The molecule has 0 unspecified atom stereocenters. The predicted octanol–water partition coefficient (Wildman–Crippen LogP) is 5.93. The number of amides is 1. The molecule has 3 aromatic carbocycles. The molecule has 0 radical (unpaired) electrons. The number of aryl methyl sites for hydroxylation is 2. The van der Waals surface area contributed by atoms with Crippen LogP contribution in [0, 0.1) is 0 Å². The molecule has 0 aliphatic heterocycles. The van der Waals surface area contributed by atoms with Crippen LogP contribution in [0.3, 0.4) is 0 Å². The van der Waals surface area contributed by atoms with Gasteiger partial charge in [-0.3, -0.25) is 9.10 Å². The maximum absolute atomic E-state index is 13.0. The maximum atomic E-state index is 13.0. The van der Waals surface area contributed by atoms with E-state index in [4.69, 9.17) is 11.6 Å². The average Bonchev–Trinajstić information content (AvgIpc) is 2.86. The smallest absolute Gasteiger partial charge is 0.264 e. The number of anilines is 1. The lowest BCUT2D eigenvalue weighted by Crippen LogP contribution is -2.29. The Bertz CT molecular complexity index is 1270. The number of hydrogen-bond donors (Lipinski definition) is 1. The number of rotatable bonds is 7. The first-order valence-corrected chi connectivity index (χ1v) is 13.4. The molecule has 34 heavy (non-hydrogen) atoms. The molecule has 178 valence electrons. The number of benzene rings is 3. The first-order chi connectivity index (χ1) is 16.3. The van der Waals surface area contributed by atoms with Crippen LogP contribution >= 0.6 is 11.6 Å². The summed E-state index contributed by atoms with van der Waals surface area (Å²) in [5.41, 5.74) is 4.89. The predicted molar refractivity (Wildman–Crippen MR) is 137 cm³/mol. The minimum absolute atomic E-state index is 0.0765. The third-order valence-corrected chi connectivity index (χ3v) is 8.51. The van der Waals surface area contributed by atoms with Crippen LogP contribution in [-0.2, 0) is 22.9 Å². The molecule has 1 amide bonds. The molecular formula is C27H29ClN2O3S. The van der Waals surface area contributed by atoms with Crippen molar-refractivity contribution in [1.29, 1.82) is 0 Å². The Morgan fingerprint density at radius 3 is 2.26 bits per heavy atom. The molecule has 1 aliphatic rings. The summed E-state index contributed by atoms with van der Waals surface area (Å²) in [6.45, 7) is 2.06. The van der Waals surface area contributed by atoms with Gasteiger partial charge < -0.3 is 5.32 Å². The van der Waals surface area contributed by atoms with Gasteiger partial charge in [0.1, 0.15) is 0 Å². The van der Waals surface area contributed by atoms with Gasteiger partial charge in [-0.25, -0.2) is 8.42 Å². The molecule has 0 aromatic heterocycles. The largest absolute Gasteiger partial charge is 0.345 e. The Balaban J connectivity index is 1.47. The van der Waals surface area contributed by atoms with Gasteiger partial charge in [-0.2, -0.15) is 0 Å². The van der Waals surface area contributed by atoms with Crippen LogP contribution in [0.25, 0.3) is 0 Å². The average molecular weight is 497 g/mol. The minimum atomic E-state index is -3.73. The molecular weight excluding hydrogens is 468 g/mol. The monoisotopic (exact) mass is 496 g/mol. The Labute approximate surface area is 206 Å². The van der Waals surface area contributed by atoms with E-state index in [0.717, 1.165) is 24.8 Å². The molecule has 0 bridgehead atoms. The van der Waals surface area contributed by atoms with Crippen LogP contribution in [0.5, 0.6) is 0 Å². The van der Waals surface area contributed by atoms with Crippen LogP contribution in [-0.4, -0.2) is 21.4 Å². The van der Waals surface area contributed by atoms with E-state index in [-0.39, 0.29) is 16.8 Å². The van der Waals surface area contributed by atoms with Crippen LogP contribution in [0.2, 0.25) is 5.02 Å². The second-order valence-corrected chi connectivity index (χ2v) is 11.0. The second-order valence-electron chi connectivity index (χ2n) is 8.64. The van der Waals surface area contributed by atoms with Gasteiger partial charge in [0, 0.05) is 17.6 Å². The fourth-order valence-corrected chi connectivity index (χ4v) is 5.68. The van der Waals surface area contributed by atoms with E-state index in [9.17, 15) is 13.2 Å². The van der Waals surface area contributed by atoms with Crippen molar-refractivity contribution in [3.8, 4) is 0 Å². The van der Waals surface area contributed by atoms with Crippen LogP contribution in [0.1, 0.15) is 59.3 Å². The molecule has 5 nitrogen and oxygen atoms in total. The molecule has 7 heteroatoms. The van der Waals surface area contributed by atoms with Crippen LogP contribution in [0.15, 0.2) is 71.6 Å². The van der Waals surface area contributed by atoms with Gasteiger partial charge in [0.15, 0.2) is 0 Å². The Kier molecular flexibility index (Phi) is 7.29. The molecule has 1 N–H and O–H groups in total. The van der Waals surface area contributed by atoms with Crippen molar-refractivity contribution in [2.24, 2.45) is 0 Å². The second kappa shape index (κ2) is 10.2. The molecule has 0 saturated heterocycles. The Morgan fingerprint density at radius 2 is 1.62 bits per heavy atom. The molecule has 0 saturated carbocycles. The summed E-state index contributed by atoms with van der Waals surface area (Å²) < 4.78 is 27.0. The van der Waals surface area contributed by atoms with E-state index in [0.29, 0.717) is 16.3 Å². The lowest BCUT2D eigenvalue weighted by atomic mass is 9.88. The quantitative estimate of drug-likeness (QED) is 0.441. The highest BCUT2D eigenvalue weighted by Crippen LogP contribution is 2.27. The highest BCUT2D eigenvalue weighted by atomic mass is 35.5. The number of carbonyl (C=O) groups excluding carboxylic acids is 1. The highest BCUT2D eigenvalue weighted by molar-refractivity contribution is 7.92. The first-order valence-electron chi connectivity index (χ1n) is 11.6. The highest BCUT2D eigenvalue weighted by Gasteiger charge is 2.22. The van der Waals surface area contributed by atoms with E-state index in [1.807, 2.05) is 0 Å². The van der Waals surface area contributed by atoms with Gasteiger partial charge in [-0.15, -0.1) is 0 Å². The zero-order valence-corrected chi connectivity index (χ0v) is 21.0. The standard InChI is InChI=1S/C27H29ClN2O3S/c1-3-26(22-9-8-19-6-4-5-7-21(19)18-22)29-27(31)20-10-14-24(15-11-20)30(2)34(32,33)25-16-12-23(28)13-17-25/h8-18,26H,3-7H2,1-2H3,(H,29,31)/t26-/m1/s1. The van der Waals surface area contributed by atoms with E-state index < -0.39 is 10.0 Å². The maximum Gasteiger partial charge on any atom is 0.264 e. The Morgan fingerprint density at radius 1 is 0.971 bits per heavy atom. The molecule has 1 aliphatic carbocycles. The summed E-state index contributed by atoms with van der Waals surface area (Å²) in [6, 6.07) is 19.1. The molecule has 1 atom stereocenters. The summed E-state index contributed by atoms with van der Waals surface area (Å²) in [4.78, 5) is 13.1. The summed E-state index contributed by atoms with van der Waals surface area (Å²) in [6.07, 6.45) is 5.47. The van der Waals surface area contributed by atoms with Crippen LogP contribution in [0.4, 0.5) is 5.69 Å². The van der Waals surface area contributed by atoms with Gasteiger partial charge in [0.2, 0.25) is 0 Å². The molecule has 0 spiro atoms. The van der Waals surface area contributed by atoms with Crippen molar-refractivity contribution in [2.75, 3.05) is 11.4 Å². The summed E-state index contributed by atoms with van der Waals surface area (Å²) in [5.74, 6) is -0.181. The molecule has 0 fully saturated rings. The lowest BCUT2D eigenvalue weighted by molar-refractivity contribution is 0.0935. The first kappa shape index (κ1) is 24.3. The van der Waals surface area contributed by atoms with E-state index >= 15 is 0 Å². The number of fused-ring (bicyclic) bond motifs is 1. The van der Waals surface area contributed by atoms with Crippen molar-refractivity contribution in [3.63, 3.8) is 0 Å². The SMILES string of the molecule is CC[C@@H](NC(=O)c1ccc(N(C)S(=O)(=O)c2ccc(Cl)cc2)cc1)c1ccc2c(c1)CCCC2. The zero-order valence-electron chi connectivity index (χ0n) is 19.4.